The summed E-state index contributed by atoms with van der Waals surface area (Å²) in [5, 5.41) is 3.08. The Balaban J connectivity index is 2.51. The Morgan fingerprint density at radius 1 is 1.19 bits per heavy atom. The summed E-state index contributed by atoms with van der Waals surface area (Å²) in [7, 11) is 0. The first kappa shape index (κ1) is 12.9. The van der Waals surface area contributed by atoms with Gasteiger partial charge in [-0.1, -0.05) is 0 Å². The molecule has 0 unspecified atom stereocenters. The first-order valence-electron chi connectivity index (χ1n) is 5.12. The minimum Gasteiger partial charge on any atom is -0.464 e. The molecule has 0 saturated carbocycles. The van der Waals surface area contributed by atoms with Gasteiger partial charge in [0.25, 0.3) is 0 Å². The van der Waals surface area contributed by atoms with Gasteiger partial charge in [0.2, 0.25) is 11.2 Å². The zero-order valence-electron chi connectivity index (χ0n) is 9.36. The van der Waals surface area contributed by atoms with Gasteiger partial charge in [-0.2, -0.15) is 15.0 Å². The largest absolute Gasteiger partial charge is 0.464 e. The molecule has 1 rings (SSSR count). The second-order valence-electron chi connectivity index (χ2n) is 2.77. The number of ether oxygens (including phenoxy) is 2. The normalized spacial score (nSPS) is 10.2. The molecule has 7 heteroatoms. The lowest BCUT2D eigenvalue weighted by atomic mass is 10.6. The quantitative estimate of drug-likeness (QED) is 0.733. The van der Waals surface area contributed by atoms with Gasteiger partial charge in [0.15, 0.2) is 0 Å². The molecule has 0 fully saturated rings. The Hall–Kier alpha value is -1.14. The van der Waals surface area contributed by atoms with Crippen LogP contribution in [0.3, 0.4) is 0 Å². The molecule has 0 aliphatic carbocycles. The van der Waals surface area contributed by atoms with Gasteiger partial charge >= 0.3 is 6.01 Å². The Morgan fingerprint density at radius 2 is 2.00 bits per heavy atom. The summed E-state index contributed by atoms with van der Waals surface area (Å²) in [5.74, 6) is 0.392. The van der Waals surface area contributed by atoms with Gasteiger partial charge in [-0.05, 0) is 25.4 Å². The zero-order valence-corrected chi connectivity index (χ0v) is 10.1. The maximum atomic E-state index is 5.71. The van der Waals surface area contributed by atoms with Crippen LogP contribution in [-0.4, -0.2) is 41.3 Å². The number of aromatic nitrogens is 3. The molecule has 0 aromatic carbocycles. The van der Waals surface area contributed by atoms with Gasteiger partial charge in [0.1, 0.15) is 0 Å². The average Bonchev–Trinajstić information content (AvgIpc) is 2.24. The van der Waals surface area contributed by atoms with E-state index in [1.807, 2.05) is 13.8 Å². The van der Waals surface area contributed by atoms with Crippen LogP contribution >= 0.6 is 11.6 Å². The summed E-state index contributed by atoms with van der Waals surface area (Å²) in [5.41, 5.74) is 0. The second kappa shape index (κ2) is 7.19. The number of anilines is 1. The lowest BCUT2D eigenvalue weighted by molar-refractivity contribution is 0.158. The fraction of sp³-hybridized carbons (Fsp3) is 0.667. The maximum Gasteiger partial charge on any atom is 0.322 e. The van der Waals surface area contributed by atoms with Crippen LogP contribution in [0.5, 0.6) is 6.01 Å². The summed E-state index contributed by atoms with van der Waals surface area (Å²) in [6.45, 7) is 6.15. The monoisotopic (exact) mass is 246 g/mol. The topological polar surface area (TPSA) is 69.2 Å². The lowest BCUT2D eigenvalue weighted by Gasteiger charge is -2.06. The van der Waals surface area contributed by atoms with Crippen molar-refractivity contribution < 1.29 is 9.47 Å². The molecule has 1 heterocycles. The van der Waals surface area contributed by atoms with Crippen molar-refractivity contribution in [3.63, 3.8) is 0 Å². The molecule has 0 amide bonds. The van der Waals surface area contributed by atoms with Crippen LogP contribution in [-0.2, 0) is 4.74 Å². The van der Waals surface area contributed by atoms with Crippen LogP contribution in [0.1, 0.15) is 13.8 Å². The van der Waals surface area contributed by atoms with Crippen molar-refractivity contribution in [2.75, 3.05) is 31.7 Å². The number of hydrogen-bond acceptors (Lipinski definition) is 6. The van der Waals surface area contributed by atoms with Gasteiger partial charge in [0, 0.05) is 13.2 Å². The third-order valence-electron chi connectivity index (χ3n) is 1.59. The van der Waals surface area contributed by atoms with Crippen molar-refractivity contribution >= 4 is 17.5 Å². The predicted molar refractivity (Wildman–Crippen MR) is 61.0 cm³/mol. The van der Waals surface area contributed by atoms with Crippen LogP contribution in [0, 0.1) is 0 Å². The molecule has 6 nitrogen and oxygen atoms in total. The van der Waals surface area contributed by atoms with Crippen molar-refractivity contribution in [3.8, 4) is 6.01 Å². The SMILES string of the molecule is CCOCCNc1nc(Cl)nc(OCC)n1. The summed E-state index contributed by atoms with van der Waals surface area (Å²) in [6, 6.07) is 0.224. The molecule has 1 aromatic rings. The van der Waals surface area contributed by atoms with E-state index in [0.29, 0.717) is 32.3 Å². The molecule has 0 bridgehead atoms. The van der Waals surface area contributed by atoms with Gasteiger partial charge in [-0.15, -0.1) is 0 Å². The molecular formula is C9H15ClN4O2. The van der Waals surface area contributed by atoms with Crippen molar-refractivity contribution in [3.05, 3.63) is 5.28 Å². The van der Waals surface area contributed by atoms with Gasteiger partial charge in [-0.25, -0.2) is 0 Å². The zero-order chi connectivity index (χ0) is 11.8. The van der Waals surface area contributed by atoms with E-state index in [0.717, 1.165) is 0 Å². The van der Waals surface area contributed by atoms with E-state index in [9.17, 15) is 0 Å². The minimum absolute atomic E-state index is 0.109. The summed E-state index contributed by atoms with van der Waals surface area (Å²) in [6.07, 6.45) is 0. The van der Waals surface area contributed by atoms with E-state index in [1.165, 1.54) is 0 Å². The molecule has 0 aliphatic rings. The maximum absolute atomic E-state index is 5.71. The predicted octanol–water partition coefficient (Wildman–Crippen LogP) is 1.37. The highest BCUT2D eigenvalue weighted by Gasteiger charge is 2.04. The minimum atomic E-state index is 0.109. The molecule has 90 valence electrons. The molecule has 16 heavy (non-hydrogen) atoms. The summed E-state index contributed by atoms with van der Waals surface area (Å²) < 4.78 is 10.3. The Labute approximate surface area is 99.4 Å². The first-order chi connectivity index (χ1) is 7.76. The Bertz CT molecular complexity index is 324. The average molecular weight is 247 g/mol. The highest BCUT2D eigenvalue weighted by atomic mass is 35.5. The van der Waals surface area contributed by atoms with E-state index < -0.39 is 0 Å². The number of nitrogens with zero attached hydrogens (tertiary/aromatic N) is 3. The first-order valence-corrected chi connectivity index (χ1v) is 5.50. The van der Waals surface area contributed by atoms with Gasteiger partial charge < -0.3 is 14.8 Å². The molecule has 0 spiro atoms. The Kier molecular flexibility index (Phi) is 5.81. The highest BCUT2D eigenvalue weighted by molar-refractivity contribution is 6.28. The van der Waals surface area contributed by atoms with Crippen LogP contribution in [0.25, 0.3) is 0 Å². The summed E-state index contributed by atoms with van der Waals surface area (Å²) in [4.78, 5) is 11.8. The fourth-order valence-electron chi connectivity index (χ4n) is 0.984. The van der Waals surface area contributed by atoms with E-state index in [-0.39, 0.29) is 11.3 Å². The fourth-order valence-corrected chi connectivity index (χ4v) is 1.14. The molecule has 0 aliphatic heterocycles. The number of halogens is 1. The molecule has 0 radical (unpaired) electrons. The molecular weight excluding hydrogens is 232 g/mol. The van der Waals surface area contributed by atoms with Crippen molar-refractivity contribution in [2.24, 2.45) is 0 Å². The second-order valence-corrected chi connectivity index (χ2v) is 3.11. The smallest absolute Gasteiger partial charge is 0.322 e. The van der Waals surface area contributed by atoms with Gasteiger partial charge in [-0.3, -0.25) is 0 Å². The van der Waals surface area contributed by atoms with E-state index in [2.05, 4.69) is 20.3 Å². The number of rotatable bonds is 7. The van der Waals surface area contributed by atoms with Crippen LogP contribution in [0.2, 0.25) is 5.28 Å². The van der Waals surface area contributed by atoms with Gasteiger partial charge in [0.05, 0.1) is 13.2 Å². The molecule has 0 saturated heterocycles. The van der Waals surface area contributed by atoms with Crippen LogP contribution in [0.4, 0.5) is 5.95 Å². The molecule has 1 N–H and O–H groups in total. The standard InChI is InChI=1S/C9H15ClN4O2/c1-3-15-6-5-11-8-12-7(10)13-9(14-8)16-4-2/h3-6H2,1-2H3,(H,11,12,13,14). The van der Waals surface area contributed by atoms with Crippen LogP contribution < -0.4 is 10.1 Å². The number of nitrogens with one attached hydrogen (secondary N) is 1. The van der Waals surface area contributed by atoms with Crippen molar-refractivity contribution in [2.45, 2.75) is 13.8 Å². The highest BCUT2D eigenvalue weighted by Crippen LogP contribution is 2.10. The number of hydrogen-bond donors (Lipinski definition) is 1. The third-order valence-corrected chi connectivity index (χ3v) is 1.76. The summed E-state index contributed by atoms with van der Waals surface area (Å²) >= 11 is 5.71. The lowest BCUT2D eigenvalue weighted by Crippen LogP contribution is -2.12. The third kappa shape index (κ3) is 4.59. The Morgan fingerprint density at radius 3 is 2.69 bits per heavy atom. The van der Waals surface area contributed by atoms with Crippen molar-refractivity contribution in [1.82, 2.24) is 15.0 Å². The van der Waals surface area contributed by atoms with E-state index >= 15 is 0 Å². The van der Waals surface area contributed by atoms with Crippen molar-refractivity contribution in [1.29, 1.82) is 0 Å². The van der Waals surface area contributed by atoms with E-state index in [4.69, 9.17) is 21.1 Å². The molecule has 0 atom stereocenters. The molecule has 1 aromatic heterocycles. The van der Waals surface area contributed by atoms with E-state index in [1.54, 1.807) is 0 Å². The van der Waals surface area contributed by atoms with Crippen LogP contribution in [0.15, 0.2) is 0 Å².